The molecule has 0 spiro atoms. The molecule has 0 aliphatic rings. The Hall–Kier alpha value is -3.15. The zero-order chi connectivity index (χ0) is 19.1. The third-order valence-corrected chi connectivity index (χ3v) is 3.72. The number of hydrogen-bond acceptors (Lipinski definition) is 3. The van der Waals surface area contributed by atoms with Gasteiger partial charge in [0.05, 0.1) is 0 Å². The summed E-state index contributed by atoms with van der Waals surface area (Å²) in [5, 5.41) is 8.23. The second-order valence-corrected chi connectivity index (χ2v) is 6.31. The molecule has 136 valence electrons. The summed E-state index contributed by atoms with van der Waals surface area (Å²) in [6.07, 6.45) is 0. The van der Waals surface area contributed by atoms with Gasteiger partial charge in [0.2, 0.25) is 11.8 Å². The van der Waals surface area contributed by atoms with E-state index in [1.54, 1.807) is 48.5 Å². The van der Waals surface area contributed by atoms with Crippen LogP contribution in [0.4, 0.5) is 11.4 Å². The van der Waals surface area contributed by atoms with Gasteiger partial charge in [0, 0.05) is 23.9 Å². The number of carbonyl (C=O) groups is 3. The van der Waals surface area contributed by atoms with Crippen molar-refractivity contribution >= 4 is 29.1 Å². The van der Waals surface area contributed by atoms with E-state index in [1.807, 2.05) is 19.9 Å². The maximum atomic E-state index is 12.6. The number of nitrogens with one attached hydrogen (secondary N) is 3. The fraction of sp³-hybridized carbons (Fsp3) is 0.250. The molecule has 1 atom stereocenters. The van der Waals surface area contributed by atoms with E-state index in [-0.39, 0.29) is 23.6 Å². The first-order chi connectivity index (χ1) is 12.4. The van der Waals surface area contributed by atoms with Crippen molar-refractivity contribution in [1.82, 2.24) is 5.32 Å². The highest BCUT2D eigenvalue weighted by Crippen LogP contribution is 2.16. The summed E-state index contributed by atoms with van der Waals surface area (Å²) in [6.45, 7) is 5.14. The van der Waals surface area contributed by atoms with Crippen molar-refractivity contribution in [2.45, 2.75) is 26.8 Å². The number of anilines is 2. The smallest absolute Gasteiger partial charge is 0.251 e. The topological polar surface area (TPSA) is 87.3 Å². The summed E-state index contributed by atoms with van der Waals surface area (Å²) in [5.41, 5.74) is 1.63. The molecule has 0 aliphatic carbocycles. The van der Waals surface area contributed by atoms with Crippen molar-refractivity contribution in [3.8, 4) is 0 Å². The molecule has 0 bridgehead atoms. The third kappa shape index (κ3) is 5.44. The van der Waals surface area contributed by atoms with Crippen LogP contribution in [0.3, 0.4) is 0 Å². The van der Waals surface area contributed by atoms with Crippen LogP contribution < -0.4 is 16.0 Å². The lowest BCUT2D eigenvalue weighted by atomic mass is 10.0. The van der Waals surface area contributed by atoms with Gasteiger partial charge in [-0.05, 0) is 36.2 Å². The number of amides is 3. The van der Waals surface area contributed by atoms with Crippen molar-refractivity contribution in [3.63, 3.8) is 0 Å². The second-order valence-electron chi connectivity index (χ2n) is 6.31. The average molecular weight is 353 g/mol. The second kappa shape index (κ2) is 8.80. The summed E-state index contributed by atoms with van der Waals surface area (Å²) in [4.78, 5) is 36.1. The van der Waals surface area contributed by atoms with E-state index >= 15 is 0 Å². The Morgan fingerprint density at radius 2 is 1.46 bits per heavy atom. The molecule has 0 heterocycles. The number of carbonyl (C=O) groups excluding carboxylic acids is 3. The Labute approximate surface area is 153 Å². The van der Waals surface area contributed by atoms with Gasteiger partial charge in [-0.15, -0.1) is 0 Å². The normalized spacial score (nSPS) is 11.5. The standard InChI is InChI=1S/C20H23N3O3/c1-13(2)18(23-19(25)15-8-5-4-6-9-15)20(26)22-17-11-7-10-16(12-17)21-14(3)24/h4-13,18H,1-3H3,(H,21,24)(H,22,26)(H,23,25). The summed E-state index contributed by atoms with van der Waals surface area (Å²) >= 11 is 0. The molecule has 0 aromatic heterocycles. The number of hydrogen-bond donors (Lipinski definition) is 3. The Morgan fingerprint density at radius 3 is 2.04 bits per heavy atom. The van der Waals surface area contributed by atoms with Gasteiger partial charge in [-0.25, -0.2) is 0 Å². The maximum Gasteiger partial charge on any atom is 0.251 e. The molecular weight excluding hydrogens is 330 g/mol. The molecule has 3 N–H and O–H groups in total. The lowest BCUT2D eigenvalue weighted by Gasteiger charge is -2.22. The fourth-order valence-electron chi connectivity index (χ4n) is 2.45. The highest BCUT2D eigenvalue weighted by Gasteiger charge is 2.24. The molecule has 6 heteroatoms. The first-order valence-corrected chi connectivity index (χ1v) is 8.41. The monoisotopic (exact) mass is 353 g/mol. The highest BCUT2D eigenvalue weighted by atomic mass is 16.2. The Morgan fingerprint density at radius 1 is 0.846 bits per heavy atom. The molecule has 2 rings (SSSR count). The molecule has 2 aromatic rings. The van der Waals surface area contributed by atoms with Crippen LogP contribution in [-0.2, 0) is 9.59 Å². The summed E-state index contributed by atoms with van der Waals surface area (Å²) < 4.78 is 0. The van der Waals surface area contributed by atoms with Crippen LogP contribution in [-0.4, -0.2) is 23.8 Å². The van der Waals surface area contributed by atoms with Crippen LogP contribution in [0.25, 0.3) is 0 Å². The molecule has 0 fully saturated rings. The van der Waals surface area contributed by atoms with Crippen LogP contribution >= 0.6 is 0 Å². The fourth-order valence-corrected chi connectivity index (χ4v) is 2.45. The molecule has 0 radical (unpaired) electrons. The van der Waals surface area contributed by atoms with Gasteiger partial charge in [-0.1, -0.05) is 38.1 Å². The summed E-state index contributed by atoms with van der Waals surface area (Å²) in [5.74, 6) is -0.902. The Bertz CT molecular complexity index is 788. The number of benzene rings is 2. The quantitative estimate of drug-likeness (QED) is 0.746. The first-order valence-electron chi connectivity index (χ1n) is 8.41. The molecule has 3 amide bonds. The van der Waals surface area contributed by atoms with Gasteiger partial charge >= 0.3 is 0 Å². The van der Waals surface area contributed by atoms with E-state index in [9.17, 15) is 14.4 Å². The van der Waals surface area contributed by atoms with Gasteiger partial charge in [-0.2, -0.15) is 0 Å². The lowest BCUT2D eigenvalue weighted by Crippen LogP contribution is -2.47. The zero-order valence-corrected chi connectivity index (χ0v) is 15.1. The largest absolute Gasteiger partial charge is 0.340 e. The summed E-state index contributed by atoms with van der Waals surface area (Å²) in [6, 6.07) is 14.9. The molecule has 0 saturated carbocycles. The van der Waals surface area contributed by atoms with E-state index in [0.29, 0.717) is 16.9 Å². The molecule has 1 unspecified atom stereocenters. The van der Waals surface area contributed by atoms with E-state index in [4.69, 9.17) is 0 Å². The van der Waals surface area contributed by atoms with E-state index < -0.39 is 6.04 Å². The molecule has 2 aromatic carbocycles. The Balaban J connectivity index is 2.09. The molecule has 0 aliphatic heterocycles. The van der Waals surface area contributed by atoms with Crippen LogP contribution in [0, 0.1) is 5.92 Å². The molecule has 0 saturated heterocycles. The van der Waals surface area contributed by atoms with Gasteiger partial charge in [0.15, 0.2) is 0 Å². The van der Waals surface area contributed by atoms with Crippen LogP contribution in [0.15, 0.2) is 54.6 Å². The minimum Gasteiger partial charge on any atom is -0.340 e. The zero-order valence-electron chi connectivity index (χ0n) is 15.1. The average Bonchev–Trinajstić information content (AvgIpc) is 2.59. The maximum absolute atomic E-state index is 12.6. The molecule has 26 heavy (non-hydrogen) atoms. The molecule has 6 nitrogen and oxygen atoms in total. The van der Waals surface area contributed by atoms with E-state index in [1.165, 1.54) is 6.92 Å². The van der Waals surface area contributed by atoms with Crippen molar-refractivity contribution in [2.24, 2.45) is 5.92 Å². The van der Waals surface area contributed by atoms with Gasteiger partial charge in [0.25, 0.3) is 5.91 Å². The first kappa shape index (κ1) is 19.2. The number of rotatable bonds is 6. The van der Waals surface area contributed by atoms with Crippen LogP contribution in [0.2, 0.25) is 0 Å². The third-order valence-electron chi connectivity index (χ3n) is 3.72. The van der Waals surface area contributed by atoms with Crippen LogP contribution in [0.1, 0.15) is 31.1 Å². The van der Waals surface area contributed by atoms with Crippen molar-refractivity contribution in [3.05, 3.63) is 60.2 Å². The summed E-state index contributed by atoms with van der Waals surface area (Å²) in [7, 11) is 0. The van der Waals surface area contributed by atoms with Crippen molar-refractivity contribution in [1.29, 1.82) is 0 Å². The van der Waals surface area contributed by atoms with Gasteiger partial charge in [-0.3, -0.25) is 14.4 Å². The van der Waals surface area contributed by atoms with Crippen molar-refractivity contribution < 1.29 is 14.4 Å². The van der Waals surface area contributed by atoms with E-state index in [0.717, 1.165) is 0 Å². The van der Waals surface area contributed by atoms with Gasteiger partial charge < -0.3 is 16.0 Å². The predicted octanol–water partition coefficient (Wildman–Crippen LogP) is 3.04. The predicted molar refractivity (Wildman–Crippen MR) is 102 cm³/mol. The van der Waals surface area contributed by atoms with E-state index in [2.05, 4.69) is 16.0 Å². The SMILES string of the molecule is CC(=O)Nc1cccc(NC(=O)C(NC(=O)c2ccccc2)C(C)C)c1. The van der Waals surface area contributed by atoms with Crippen LogP contribution in [0.5, 0.6) is 0 Å². The van der Waals surface area contributed by atoms with Crippen molar-refractivity contribution in [2.75, 3.05) is 10.6 Å². The Kier molecular flexibility index (Phi) is 6.49. The minimum atomic E-state index is -0.688. The highest BCUT2D eigenvalue weighted by molar-refractivity contribution is 6.01. The molecular formula is C20H23N3O3. The van der Waals surface area contributed by atoms with Gasteiger partial charge in [0.1, 0.15) is 6.04 Å². The lowest BCUT2D eigenvalue weighted by molar-refractivity contribution is -0.119. The minimum absolute atomic E-state index is 0.0961.